The van der Waals surface area contributed by atoms with Crippen LogP contribution in [0.25, 0.3) is 0 Å². The molecule has 1 aromatic rings. The normalized spacial score (nSPS) is 17.3. The molecule has 0 atom stereocenters. The topological polar surface area (TPSA) is 79.5 Å². The van der Waals surface area contributed by atoms with E-state index in [4.69, 9.17) is 0 Å². The number of hydrogen-bond donors (Lipinski definition) is 2. The minimum Gasteiger partial charge on any atom is -0.503 e. The maximum atomic E-state index is 11.8. The standard InChI is InChI=1S/C21H27NO4/c1-4-6-9-17(15(3)5-2)21(10-7-8-11-21)14-22-12-16(20(25)26)19(24)18(23)13-22/h4,6,9,12-13,23H,1,5,7-8,10-11,14H2,2-3H3,(H,25,26)/b9-6-,17-15-. The van der Waals surface area contributed by atoms with Crippen molar-refractivity contribution in [2.75, 3.05) is 0 Å². The minimum absolute atomic E-state index is 0.142. The summed E-state index contributed by atoms with van der Waals surface area (Å²) in [5.74, 6) is -1.86. The van der Waals surface area contributed by atoms with E-state index in [0.29, 0.717) is 6.54 Å². The molecule has 1 aliphatic rings. The summed E-state index contributed by atoms with van der Waals surface area (Å²) in [5.41, 5.74) is 1.14. The van der Waals surface area contributed by atoms with Gasteiger partial charge >= 0.3 is 5.97 Å². The Morgan fingerprint density at radius 3 is 2.54 bits per heavy atom. The molecule has 2 N–H and O–H groups in total. The van der Waals surface area contributed by atoms with E-state index in [1.807, 2.05) is 6.08 Å². The van der Waals surface area contributed by atoms with E-state index in [0.717, 1.165) is 32.1 Å². The number of aromatic hydroxyl groups is 1. The lowest BCUT2D eigenvalue weighted by Crippen LogP contribution is -2.28. The Bertz CT molecular complexity index is 808. The highest BCUT2D eigenvalue weighted by molar-refractivity contribution is 5.87. The average Bonchev–Trinajstić information content (AvgIpc) is 3.06. The number of aromatic nitrogens is 1. The fourth-order valence-corrected chi connectivity index (χ4v) is 3.90. The van der Waals surface area contributed by atoms with E-state index >= 15 is 0 Å². The third-order valence-electron chi connectivity index (χ3n) is 5.30. The molecule has 0 aliphatic heterocycles. The number of carboxylic acids is 1. The van der Waals surface area contributed by atoms with E-state index in [1.54, 1.807) is 10.6 Å². The highest BCUT2D eigenvalue weighted by Gasteiger charge is 2.37. The highest BCUT2D eigenvalue weighted by Crippen LogP contribution is 2.47. The lowest BCUT2D eigenvalue weighted by molar-refractivity contribution is 0.0693. The number of hydrogen-bond acceptors (Lipinski definition) is 3. The molecule has 1 fully saturated rings. The lowest BCUT2D eigenvalue weighted by Gasteiger charge is -2.33. The molecular weight excluding hydrogens is 330 g/mol. The summed E-state index contributed by atoms with van der Waals surface area (Å²) in [5, 5.41) is 19.1. The Morgan fingerprint density at radius 2 is 2.00 bits per heavy atom. The molecule has 26 heavy (non-hydrogen) atoms. The molecule has 0 amide bonds. The molecule has 5 heteroatoms. The molecule has 0 unspecified atom stereocenters. The van der Waals surface area contributed by atoms with Crippen molar-refractivity contribution in [3.05, 3.63) is 64.1 Å². The molecule has 0 spiro atoms. The van der Waals surface area contributed by atoms with E-state index < -0.39 is 22.7 Å². The van der Waals surface area contributed by atoms with E-state index in [1.165, 1.54) is 23.5 Å². The monoisotopic (exact) mass is 357 g/mol. The zero-order valence-electron chi connectivity index (χ0n) is 15.5. The second kappa shape index (κ2) is 8.21. The Balaban J connectivity index is 2.55. The van der Waals surface area contributed by atoms with E-state index in [-0.39, 0.29) is 5.41 Å². The van der Waals surface area contributed by atoms with Gasteiger partial charge in [-0.2, -0.15) is 0 Å². The Labute approximate surface area is 154 Å². The highest BCUT2D eigenvalue weighted by atomic mass is 16.4. The van der Waals surface area contributed by atoms with Crippen LogP contribution in [0.2, 0.25) is 0 Å². The molecule has 1 saturated carbocycles. The van der Waals surface area contributed by atoms with Gasteiger partial charge in [0.15, 0.2) is 5.75 Å². The molecule has 1 aliphatic carbocycles. The van der Waals surface area contributed by atoms with Crippen molar-refractivity contribution in [2.45, 2.75) is 52.5 Å². The molecular formula is C21H27NO4. The third-order valence-corrected chi connectivity index (χ3v) is 5.30. The zero-order chi connectivity index (χ0) is 19.3. The molecule has 1 aromatic heterocycles. The van der Waals surface area contributed by atoms with Gasteiger partial charge in [0.25, 0.3) is 0 Å². The first-order valence-corrected chi connectivity index (χ1v) is 9.00. The molecule has 0 saturated heterocycles. The summed E-state index contributed by atoms with van der Waals surface area (Å²) in [6.07, 6.45) is 13.5. The fraction of sp³-hybridized carbons (Fsp3) is 0.429. The van der Waals surface area contributed by atoms with Gasteiger partial charge in [0, 0.05) is 24.4 Å². The van der Waals surface area contributed by atoms with Crippen molar-refractivity contribution in [3.63, 3.8) is 0 Å². The van der Waals surface area contributed by atoms with Gasteiger partial charge in [0.1, 0.15) is 5.56 Å². The number of allylic oxidation sites excluding steroid dienone is 5. The van der Waals surface area contributed by atoms with Crippen molar-refractivity contribution >= 4 is 5.97 Å². The second-order valence-corrected chi connectivity index (χ2v) is 6.99. The van der Waals surface area contributed by atoms with Gasteiger partial charge in [-0.3, -0.25) is 4.79 Å². The molecule has 2 rings (SSSR count). The van der Waals surface area contributed by atoms with E-state index in [9.17, 15) is 19.8 Å². The van der Waals surface area contributed by atoms with Crippen LogP contribution in [-0.2, 0) is 6.54 Å². The maximum Gasteiger partial charge on any atom is 0.341 e. The van der Waals surface area contributed by atoms with Crippen molar-refractivity contribution in [1.82, 2.24) is 4.57 Å². The quantitative estimate of drug-likeness (QED) is 0.714. The Kier molecular flexibility index (Phi) is 6.24. The molecule has 5 nitrogen and oxygen atoms in total. The smallest absolute Gasteiger partial charge is 0.341 e. The minimum atomic E-state index is -1.33. The number of carbonyl (C=O) groups is 1. The summed E-state index contributed by atoms with van der Waals surface area (Å²) in [6, 6.07) is 0. The van der Waals surface area contributed by atoms with Crippen LogP contribution in [0.4, 0.5) is 0 Å². The molecule has 0 bridgehead atoms. The first-order valence-electron chi connectivity index (χ1n) is 9.00. The van der Waals surface area contributed by atoms with Gasteiger partial charge in [-0.05, 0) is 31.8 Å². The van der Waals surface area contributed by atoms with Gasteiger partial charge in [-0.15, -0.1) is 0 Å². The van der Waals surface area contributed by atoms with Crippen LogP contribution >= 0.6 is 0 Å². The van der Waals surface area contributed by atoms with Gasteiger partial charge in [-0.25, -0.2) is 4.79 Å². The lowest BCUT2D eigenvalue weighted by atomic mass is 9.75. The number of rotatable bonds is 7. The SMILES string of the molecule is C=C/C=C\C(=C(/C)CC)C1(Cn2cc(O)c(=O)c(C(=O)O)c2)CCCC1. The van der Waals surface area contributed by atoms with Crippen molar-refractivity contribution < 1.29 is 15.0 Å². The summed E-state index contributed by atoms with van der Waals surface area (Å²) in [7, 11) is 0. The van der Waals surface area contributed by atoms with Crippen LogP contribution in [-0.4, -0.2) is 20.7 Å². The summed E-state index contributed by atoms with van der Waals surface area (Å²) >= 11 is 0. The van der Waals surface area contributed by atoms with Gasteiger partial charge in [0.05, 0.1) is 0 Å². The zero-order valence-corrected chi connectivity index (χ0v) is 15.5. The largest absolute Gasteiger partial charge is 0.503 e. The Hall–Kier alpha value is -2.56. The van der Waals surface area contributed by atoms with Crippen molar-refractivity contribution in [1.29, 1.82) is 0 Å². The number of carboxylic acid groups (broad SMARTS) is 1. The predicted molar refractivity (Wildman–Crippen MR) is 103 cm³/mol. The van der Waals surface area contributed by atoms with E-state index in [2.05, 4.69) is 26.5 Å². The predicted octanol–water partition coefficient (Wildman–Crippen LogP) is 4.28. The number of pyridine rings is 1. The van der Waals surface area contributed by atoms with Gasteiger partial charge < -0.3 is 14.8 Å². The molecule has 0 aromatic carbocycles. The van der Waals surface area contributed by atoms with Crippen LogP contribution in [0, 0.1) is 5.41 Å². The Morgan fingerprint density at radius 1 is 1.35 bits per heavy atom. The van der Waals surface area contributed by atoms with Crippen molar-refractivity contribution in [2.24, 2.45) is 5.41 Å². The van der Waals surface area contributed by atoms with Gasteiger partial charge in [0.2, 0.25) is 5.43 Å². The van der Waals surface area contributed by atoms with Crippen LogP contribution in [0.15, 0.2) is 53.1 Å². The fourth-order valence-electron chi connectivity index (χ4n) is 3.90. The van der Waals surface area contributed by atoms with Gasteiger partial charge in [-0.1, -0.05) is 50.1 Å². The number of aromatic carboxylic acids is 1. The van der Waals surface area contributed by atoms with Crippen LogP contribution in [0.5, 0.6) is 5.75 Å². The summed E-state index contributed by atoms with van der Waals surface area (Å²) in [4.78, 5) is 23.2. The average molecular weight is 357 g/mol. The molecule has 140 valence electrons. The molecule has 1 heterocycles. The second-order valence-electron chi connectivity index (χ2n) is 6.99. The summed E-state index contributed by atoms with van der Waals surface area (Å²) in [6.45, 7) is 8.52. The van der Waals surface area contributed by atoms with Crippen molar-refractivity contribution in [3.8, 4) is 5.75 Å². The maximum absolute atomic E-state index is 11.8. The first-order chi connectivity index (χ1) is 12.3. The third kappa shape index (κ3) is 3.98. The summed E-state index contributed by atoms with van der Waals surface area (Å²) < 4.78 is 1.65. The van der Waals surface area contributed by atoms with Crippen LogP contribution in [0.3, 0.4) is 0 Å². The number of nitrogens with zero attached hydrogens (tertiary/aromatic N) is 1. The van der Waals surface area contributed by atoms with Crippen LogP contribution in [0.1, 0.15) is 56.3 Å². The van der Waals surface area contributed by atoms with Crippen LogP contribution < -0.4 is 5.43 Å². The molecule has 0 radical (unpaired) electrons. The first kappa shape index (κ1) is 19.8.